The topological polar surface area (TPSA) is 59.8 Å². The summed E-state index contributed by atoms with van der Waals surface area (Å²) in [6.07, 6.45) is 2.25. The smallest absolute Gasteiger partial charge is 0.256 e. The standard InChI is InChI=1S/C24H20N4OS/c1-15-22-20(14-21(17-9-10-17)26-23(22)28(2)27-15)24(29)25-18-6-3-5-16(13-18)8-11-19-7-4-12-30-19/h3-7,12-14,17H,9-10H2,1-2H3,(H,25,29). The maximum atomic E-state index is 13.2. The first kappa shape index (κ1) is 18.6. The van der Waals surface area contributed by atoms with Crippen LogP contribution in [0.5, 0.6) is 0 Å². The van der Waals surface area contributed by atoms with Gasteiger partial charge in [-0.3, -0.25) is 9.48 Å². The Hall–Kier alpha value is -3.43. The van der Waals surface area contributed by atoms with Gasteiger partial charge in [-0.1, -0.05) is 24.0 Å². The van der Waals surface area contributed by atoms with E-state index in [4.69, 9.17) is 4.98 Å². The van der Waals surface area contributed by atoms with Gasteiger partial charge in [0.25, 0.3) is 5.91 Å². The lowest BCUT2D eigenvalue weighted by Crippen LogP contribution is -2.13. The molecule has 1 aromatic carbocycles. The third-order valence-corrected chi connectivity index (χ3v) is 5.99. The number of carbonyl (C=O) groups is 1. The third-order valence-electron chi connectivity index (χ3n) is 5.20. The van der Waals surface area contributed by atoms with Gasteiger partial charge in [-0.2, -0.15) is 5.10 Å². The molecule has 0 spiro atoms. The molecule has 6 heteroatoms. The maximum absolute atomic E-state index is 13.2. The van der Waals surface area contributed by atoms with Gasteiger partial charge in [0, 0.05) is 29.9 Å². The molecule has 1 saturated carbocycles. The highest BCUT2D eigenvalue weighted by atomic mass is 32.1. The van der Waals surface area contributed by atoms with E-state index in [-0.39, 0.29) is 5.91 Å². The lowest BCUT2D eigenvalue weighted by molar-refractivity contribution is 0.102. The van der Waals surface area contributed by atoms with Crippen LogP contribution in [0.3, 0.4) is 0 Å². The summed E-state index contributed by atoms with van der Waals surface area (Å²) in [7, 11) is 1.87. The van der Waals surface area contributed by atoms with Gasteiger partial charge in [-0.25, -0.2) is 4.98 Å². The molecule has 0 bridgehead atoms. The number of carbonyl (C=O) groups excluding carboxylic acids is 1. The molecular formula is C24H20N4OS. The number of rotatable bonds is 3. The van der Waals surface area contributed by atoms with Crippen LogP contribution in [0.4, 0.5) is 5.69 Å². The molecule has 30 heavy (non-hydrogen) atoms. The van der Waals surface area contributed by atoms with Crippen LogP contribution in [-0.2, 0) is 7.05 Å². The van der Waals surface area contributed by atoms with Crippen LogP contribution in [-0.4, -0.2) is 20.7 Å². The van der Waals surface area contributed by atoms with Crippen molar-refractivity contribution in [3.63, 3.8) is 0 Å². The molecule has 0 atom stereocenters. The van der Waals surface area contributed by atoms with E-state index in [2.05, 4.69) is 22.3 Å². The number of anilines is 1. The van der Waals surface area contributed by atoms with Crippen LogP contribution in [0.1, 0.15) is 50.9 Å². The van der Waals surface area contributed by atoms with Gasteiger partial charge in [-0.15, -0.1) is 11.3 Å². The minimum Gasteiger partial charge on any atom is -0.322 e. The Balaban J connectivity index is 1.47. The van der Waals surface area contributed by atoms with Crippen molar-refractivity contribution in [2.24, 2.45) is 7.05 Å². The fraction of sp³-hybridized carbons (Fsp3) is 0.208. The third kappa shape index (κ3) is 3.60. The van der Waals surface area contributed by atoms with Crippen molar-refractivity contribution in [1.82, 2.24) is 14.8 Å². The first-order valence-corrected chi connectivity index (χ1v) is 10.8. The largest absolute Gasteiger partial charge is 0.322 e. The summed E-state index contributed by atoms with van der Waals surface area (Å²) in [4.78, 5) is 19.0. The highest BCUT2D eigenvalue weighted by Gasteiger charge is 2.28. The fourth-order valence-electron chi connectivity index (χ4n) is 3.59. The minimum absolute atomic E-state index is 0.149. The molecule has 1 amide bonds. The molecular weight excluding hydrogens is 392 g/mol. The van der Waals surface area contributed by atoms with Crippen molar-refractivity contribution in [1.29, 1.82) is 0 Å². The molecule has 0 aliphatic heterocycles. The number of fused-ring (bicyclic) bond motifs is 1. The second kappa shape index (κ2) is 7.43. The van der Waals surface area contributed by atoms with Gasteiger partial charge in [0.1, 0.15) is 0 Å². The van der Waals surface area contributed by atoms with Crippen LogP contribution in [0.15, 0.2) is 47.8 Å². The highest BCUT2D eigenvalue weighted by Crippen LogP contribution is 2.40. The van der Waals surface area contributed by atoms with E-state index in [9.17, 15) is 4.79 Å². The quantitative estimate of drug-likeness (QED) is 0.489. The number of nitrogens with zero attached hydrogens (tertiary/aromatic N) is 3. The van der Waals surface area contributed by atoms with E-state index in [0.717, 1.165) is 51.4 Å². The molecule has 1 fully saturated rings. The SMILES string of the molecule is Cc1nn(C)c2nc(C3CC3)cc(C(=O)Nc3cccc(C#Cc4cccs4)c3)c12. The van der Waals surface area contributed by atoms with E-state index in [1.807, 2.05) is 61.8 Å². The van der Waals surface area contributed by atoms with Crippen molar-refractivity contribution in [2.75, 3.05) is 5.32 Å². The van der Waals surface area contributed by atoms with E-state index in [1.54, 1.807) is 16.0 Å². The second-order valence-corrected chi connectivity index (χ2v) is 8.49. The average Bonchev–Trinajstić information content (AvgIpc) is 3.38. The van der Waals surface area contributed by atoms with E-state index < -0.39 is 0 Å². The number of hydrogen-bond acceptors (Lipinski definition) is 4. The average molecular weight is 413 g/mol. The van der Waals surface area contributed by atoms with Crippen molar-refractivity contribution >= 4 is 34.0 Å². The van der Waals surface area contributed by atoms with Crippen LogP contribution >= 0.6 is 11.3 Å². The van der Waals surface area contributed by atoms with Gasteiger partial charge in [-0.05, 0) is 55.5 Å². The Morgan fingerprint density at radius 2 is 2.07 bits per heavy atom. The molecule has 3 aromatic heterocycles. The minimum atomic E-state index is -0.149. The summed E-state index contributed by atoms with van der Waals surface area (Å²) in [6, 6.07) is 13.5. The van der Waals surface area contributed by atoms with Gasteiger partial charge in [0.15, 0.2) is 5.65 Å². The summed E-state index contributed by atoms with van der Waals surface area (Å²) >= 11 is 1.61. The molecule has 4 aromatic rings. The van der Waals surface area contributed by atoms with E-state index in [0.29, 0.717) is 11.5 Å². The van der Waals surface area contributed by atoms with E-state index >= 15 is 0 Å². The molecule has 5 rings (SSSR count). The normalized spacial score (nSPS) is 13.1. The maximum Gasteiger partial charge on any atom is 0.256 e. The Morgan fingerprint density at radius 3 is 2.83 bits per heavy atom. The number of thiophene rings is 1. The van der Waals surface area contributed by atoms with Crippen LogP contribution in [0.25, 0.3) is 11.0 Å². The molecule has 0 saturated heterocycles. The number of pyridine rings is 1. The number of aromatic nitrogens is 3. The van der Waals surface area contributed by atoms with Gasteiger partial charge >= 0.3 is 0 Å². The first-order chi connectivity index (χ1) is 14.6. The molecule has 0 unspecified atom stereocenters. The van der Waals surface area contributed by atoms with Crippen molar-refractivity contribution < 1.29 is 4.79 Å². The Morgan fingerprint density at radius 1 is 1.20 bits per heavy atom. The summed E-state index contributed by atoms with van der Waals surface area (Å²) < 4.78 is 1.76. The molecule has 0 radical (unpaired) electrons. The summed E-state index contributed by atoms with van der Waals surface area (Å²) in [5.74, 6) is 6.61. The number of hydrogen-bond donors (Lipinski definition) is 1. The number of aryl methyl sites for hydroxylation is 2. The predicted molar refractivity (Wildman–Crippen MR) is 120 cm³/mol. The molecule has 1 aliphatic rings. The Kier molecular flexibility index (Phi) is 4.61. The predicted octanol–water partition coefficient (Wildman–Crippen LogP) is 4.87. The summed E-state index contributed by atoms with van der Waals surface area (Å²) in [5, 5.41) is 10.3. The lowest BCUT2D eigenvalue weighted by atomic mass is 10.1. The molecule has 1 aliphatic carbocycles. The van der Waals surface area contributed by atoms with Crippen molar-refractivity contribution in [3.8, 4) is 11.8 Å². The molecule has 5 nitrogen and oxygen atoms in total. The second-order valence-electron chi connectivity index (χ2n) is 7.54. The van der Waals surface area contributed by atoms with Gasteiger partial charge < -0.3 is 5.32 Å². The van der Waals surface area contributed by atoms with Crippen molar-refractivity contribution in [3.05, 3.63) is 75.2 Å². The van der Waals surface area contributed by atoms with Gasteiger partial charge in [0.2, 0.25) is 0 Å². The summed E-state index contributed by atoms with van der Waals surface area (Å²) in [6.45, 7) is 1.92. The number of nitrogens with one attached hydrogen (secondary N) is 1. The van der Waals surface area contributed by atoms with Crippen LogP contribution < -0.4 is 5.32 Å². The number of benzene rings is 1. The molecule has 1 N–H and O–H groups in total. The lowest BCUT2D eigenvalue weighted by Gasteiger charge is -2.09. The zero-order valence-electron chi connectivity index (χ0n) is 16.8. The summed E-state index contributed by atoms with van der Waals surface area (Å²) in [5.41, 5.74) is 4.75. The van der Waals surface area contributed by atoms with Crippen LogP contribution in [0.2, 0.25) is 0 Å². The number of amides is 1. The van der Waals surface area contributed by atoms with Gasteiger partial charge in [0.05, 0.1) is 21.5 Å². The Labute approximate surface area is 178 Å². The zero-order chi connectivity index (χ0) is 20.7. The Bertz CT molecular complexity index is 1320. The first-order valence-electron chi connectivity index (χ1n) is 9.89. The monoisotopic (exact) mass is 412 g/mol. The molecule has 3 heterocycles. The highest BCUT2D eigenvalue weighted by molar-refractivity contribution is 7.10. The van der Waals surface area contributed by atoms with Crippen LogP contribution in [0, 0.1) is 18.8 Å². The molecule has 148 valence electrons. The zero-order valence-corrected chi connectivity index (χ0v) is 17.6. The van der Waals surface area contributed by atoms with Crippen molar-refractivity contribution in [2.45, 2.75) is 25.7 Å². The van der Waals surface area contributed by atoms with E-state index in [1.165, 1.54) is 0 Å². The fourth-order valence-corrected chi connectivity index (χ4v) is 4.16.